The average molecular weight is 456 g/mol. The number of hydrogen-bond donors (Lipinski definition) is 3. The lowest BCUT2D eigenvalue weighted by atomic mass is 10.2. The standard InChI is InChI=1S/C22H38FN5O2S/c1-13(2)11-30-12-17(24)10-26-22(29)18-8-19(25-9-16-7-15(16)5)27-21(20(18)23)28(6)31-14(3)4/h8,13-17H,7,9-12,24H2,1-6H3,(H,25,27)(H,26,29)/t15-,16+,17?/m0/s1. The van der Waals surface area contributed by atoms with Crippen molar-refractivity contribution >= 4 is 29.5 Å². The summed E-state index contributed by atoms with van der Waals surface area (Å²) in [6.07, 6.45) is 1.17. The van der Waals surface area contributed by atoms with Crippen LogP contribution < -0.4 is 20.7 Å². The summed E-state index contributed by atoms with van der Waals surface area (Å²) in [7, 11) is 1.76. The zero-order chi connectivity index (χ0) is 23.1. The number of nitrogens with two attached hydrogens (primary N) is 1. The molecule has 0 bridgehead atoms. The Labute approximate surface area is 190 Å². The Bertz CT molecular complexity index is 734. The molecular formula is C22H38FN5O2S. The fourth-order valence-corrected chi connectivity index (χ4v) is 3.95. The van der Waals surface area contributed by atoms with E-state index < -0.39 is 11.7 Å². The summed E-state index contributed by atoms with van der Waals surface area (Å²) in [5, 5.41) is 6.25. The molecule has 1 aromatic heterocycles. The lowest BCUT2D eigenvalue weighted by Gasteiger charge is -2.22. The molecule has 0 aliphatic heterocycles. The molecule has 1 unspecified atom stereocenters. The van der Waals surface area contributed by atoms with Gasteiger partial charge in [-0.2, -0.15) is 0 Å². The molecule has 1 aliphatic rings. The number of rotatable bonds is 13. The van der Waals surface area contributed by atoms with Crippen LogP contribution in [0.15, 0.2) is 6.07 Å². The van der Waals surface area contributed by atoms with Gasteiger partial charge < -0.3 is 25.4 Å². The van der Waals surface area contributed by atoms with Crippen LogP contribution in [0.4, 0.5) is 16.0 Å². The molecule has 1 heterocycles. The Morgan fingerprint density at radius 2 is 2.06 bits per heavy atom. The summed E-state index contributed by atoms with van der Waals surface area (Å²) >= 11 is 1.45. The molecule has 176 valence electrons. The molecule has 4 N–H and O–H groups in total. The fourth-order valence-electron chi connectivity index (χ4n) is 3.10. The molecule has 1 fully saturated rings. The van der Waals surface area contributed by atoms with Gasteiger partial charge in [0.1, 0.15) is 5.82 Å². The molecule has 1 aliphatic carbocycles. The third-order valence-electron chi connectivity index (χ3n) is 4.98. The maximum Gasteiger partial charge on any atom is 0.254 e. The van der Waals surface area contributed by atoms with Gasteiger partial charge in [-0.25, -0.2) is 9.37 Å². The highest BCUT2D eigenvalue weighted by atomic mass is 32.2. The van der Waals surface area contributed by atoms with Gasteiger partial charge in [0.05, 0.1) is 12.2 Å². The van der Waals surface area contributed by atoms with Crippen molar-refractivity contribution in [2.24, 2.45) is 23.5 Å². The number of carbonyl (C=O) groups is 1. The Kier molecular flexibility index (Phi) is 9.84. The Balaban J connectivity index is 2.10. The minimum Gasteiger partial charge on any atom is -0.380 e. The second kappa shape index (κ2) is 11.9. The van der Waals surface area contributed by atoms with E-state index in [1.165, 1.54) is 24.4 Å². The summed E-state index contributed by atoms with van der Waals surface area (Å²) in [6, 6.07) is 1.12. The lowest BCUT2D eigenvalue weighted by molar-refractivity contribution is 0.0887. The highest BCUT2D eigenvalue weighted by molar-refractivity contribution is 8.01. The molecule has 1 amide bonds. The van der Waals surface area contributed by atoms with Crippen LogP contribution in [-0.4, -0.2) is 55.5 Å². The van der Waals surface area contributed by atoms with Crippen molar-refractivity contribution in [3.05, 3.63) is 17.4 Å². The largest absolute Gasteiger partial charge is 0.380 e. The maximum atomic E-state index is 15.2. The van der Waals surface area contributed by atoms with Crippen molar-refractivity contribution in [2.45, 2.75) is 52.3 Å². The summed E-state index contributed by atoms with van der Waals surface area (Å²) in [5.41, 5.74) is 5.98. The van der Waals surface area contributed by atoms with E-state index in [0.29, 0.717) is 36.8 Å². The first-order chi connectivity index (χ1) is 14.6. The fraction of sp³-hybridized carbons (Fsp3) is 0.727. The van der Waals surface area contributed by atoms with E-state index in [4.69, 9.17) is 10.5 Å². The van der Waals surface area contributed by atoms with Gasteiger partial charge >= 0.3 is 0 Å². The third-order valence-corrected chi connectivity index (χ3v) is 5.89. The van der Waals surface area contributed by atoms with E-state index in [1.54, 1.807) is 11.4 Å². The zero-order valence-corrected chi connectivity index (χ0v) is 20.4. The number of amides is 1. The van der Waals surface area contributed by atoms with E-state index in [9.17, 15) is 4.79 Å². The van der Waals surface area contributed by atoms with E-state index in [2.05, 4.69) is 36.4 Å². The number of pyridine rings is 1. The molecular weight excluding hydrogens is 417 g/mol. The number of halogens is 1. The monoisotopic (exact) mass is 455 g/mol. The number of nitrogens with zero attached hydrogens (tertiary/aromatic N) is 2. The highest BCUT2D eigenvalue weighted by Crippen LogP contribution is 2.37. The van der Waals surface area contributed by atoms with Crippen molar-refractivity contribution < 1.29 is 13.9 Å². The van der Waals surface area contributed by atoms with Crippen molar-refractivity contribution in [3.63, 3.8) is 0 Å². The number of aromatic nitrogens is 1. The van der Waals surface area contributed by atoms with Crippen molar-refractivity contribution in [2.75, 3.05) is 43.0 Å². The quantitative estimate of drug-likeness (QED) is 0.392. The highest BCUT2D eigenvalue weighted by Gasteiger charge is 2.32. The predicted molar refractivity (Wildman–Crippen MR) is 127 cm³/mol. The van der Waals surface area contributed by atoms with E-state index in [-0.39, 0.29) is 29.2 Å². The molecule has 0 saturated heterocycles. The number of anilines is 2. The molecule has 9 heteroatoms. The normalized spacial score (nSPS) is 18.9. The van der Waals surface area contributed by atoms with Crippen LogP contribution in [0.5, 0.6) is 0 Å². The van der Waals surface area contributed by atoms with Gasteiger partial charge in [0.2, 0.25) is 0 Å². The van der Waals surface area contributed by atoms with Crippen molar-refractivity contribution in [1.82, 2.24) is 10.3 Å². The summed E-state index contributed by atoms with van der Waals surface area (Å²) in [6.45, 7) is 12.3. The van der Waals surface area contributed by atoms with Crippen LogP contribution in [0, 0.1) is 23.6 Å². The zero-order valence-electron chi connectivity index (χ0n) is 19.6. The van der Waals surface area contributed by atoms with Gasteiger partial charge in [-0.1, -0.05) is 34.6 Å². The number of hydrogen-bond acceptors (Lipinski definition) is 7. The third kappa shape index (κ3) is 8.46. The lowest BCUT2D eigenvalue weighted by Crippen LogP contribution is -2.40. The molecule has 7 nitrogen and oxygen atoms in total. The van der Waals surface area contributed by atoms with Gasteiger partial charge in [-0.15, -0.1) is 0 Å². The molecule has 1 saturated carbocycles. The van der Waals surface area contributed by atoms with Crippen LogP contribution >= 0.6 is 11.9 Å². The molecule has 3 atom stereocenters. The van der Waals surface area contributed by atoms with Crippen LogP contribution in [0.25, 0.3) is 0 Å². The Morgan fingerprint density at radius 1 is 1.39 bits per heavy atom. The Hall–Kier alpha value is -1.58. The van der Waals surface area contributed by atoms with Crippen LogP contribution in [0.3, 0.4) is 0 Å². The van der Waals surface area contributed by atoms with Gasteiger partial charge in [-0.05, 0) is 42.2 Å². The van der Waals surface area contributed by atoms with E-state index in [0.717, 1.165) is 6.54 Å². The van der Waals surface area contributed by atoms with Gasteiger partial charge in [-0.3, -0.25) is 4.79 Å². The van der Waals surface area contributed by atoms with Gasteiger partial charge in [0, 0.05) is 38.0 Å². The minimum absolute atomic E-state index is 0.0390. The molecule has 2 rings (SSSR count). The van der Waals surface area contributed by atoms with Gasteiger partial charge in [0.15, 0.2) is 11.6 Å². The van der Waals surface area contributed by atoms with E-state index in [1.807, 2.05) is 13.8 Å². The smallest absolute Gasteiger partial charge is 0.254 e. The molecule has 0 spiro atoms. The molecule has 31 heavy (non-hydrogen) atoms. The molecule has 1 aromatic rings. The van der Waals surface area contributed by atoms with E-state index >= 15 is 4.39 Å². The van der Waals surface area contributed by atoms with Gasteiger partial charge in [0.25, 0.3) is 5.91 Å². The predicted octanol–water partition coefficient (Wildman–Crippen LogP) is 3.51. The SMILES string of the molecule is CC(C)COCC(N)CNC(=O)c1cc(NC[C@H]2C[C@@H]2C)nc(N(C)SC(C)C)c1F. The van der Waals surface area contributed by atoms with Crippen LogP contribution in [0.1, 0.15) is 51.4 Å². The first kappa shape index (κ1) is 25.7. The number of carbonyl (C=O) groups excluding carboxylic acids is 1. The second-order valence-corrected chi connectivity index (χ2v) is 10.8. The number of ether oxygens (including phenoxy) is 1. The first-order valence-electron chi connectivity index (χ1n) is 11.0. The molecule has 0 radical (unpaired) electrons. The topological polar surface area (TPSA) is 92.5 Å². The maximum absolute atomic E-state index is 15.2. The second-order valence-electron chi connectivity index (χ2n) is 9.10. The first-order valence-corrected chi connectivity index (χ1v) is 11.9. The van der Waals surface area contributed by atoms with Crippen molar-refractivity contribution in [3.8, 4) is 0 Å². The molecule has 0 aromatic carbocycles. The Morgan fingerprint density at radius 3 is 2.65 bits per heavy atom. The van der Waals surface area contributed by atoms with Crippen molar-refractivity contribution in [1.29, 1.82) is 0 Å². The summed E-state index contributed by atoms with van der Waals surface area (Å²) in [5.74, 6) is 1.20. The summed E-state index contributed by atoms with van der Waals surface area (Å²) < 4.78 is 22.4. The number of nitrogens with one attached hydrogen (secondary N) is 2. The average Bonchev–Trinajstić information content (AvgIpc) is 3.39. The van der Waals surface area contributed by atoms with Crippen LogP contribution in [0.2, 0.25) is 0 Å². The summed E-state index contributed by atoms with van der Waals surface area (Å²) in [4.78, 5) is 17.2. The minimum atomic E-state index is -0.636. The van der Waals surface area contributed by atoms with Crippen LogP contribution in [-0.2, 0) is 4.74 Å².